The van der Waals surface area contributed by atoms with E-state index >= 15 is 0 Å². The number of aliphatic hydroxyl groups excluding tert-OH is 1. The number of pyridine rings is 1. The zero-order valence-corrected chi connectivity index (χ0v) is 18.6. The summed E-state index contributed by atoms with van der Waals surface area (Å²) in [7, 11) is 1.42. The van der Waals surface area contributed by atoms with Gasteiger partial charge < -0.3 is 24.8 Å². The fourth-order valence-corrected chi connectivity index (χ4v) is 5.63. The topological polar surface area (TPSA) is 109 Å². The van der Waals surface area contributed by atoms with Gasteiger partial charge in [-0.15, -0.1) is 0 Å². The molecule has 3 aromatic rings. The van der Waals surface area contributed by atoms with E-state index in [4.69, 9.17) is 9.47 Å². The summed E-state index contributed by atoms with van der Waals surface area (Å²) < 4.78 is 12.7. The fraction of sp³-hybridized carbons (Fsp3) is 0.250. The second-order valence-electron chi connectivity index (χ2n) is 8.02. The number of benzene rings is 2. The van der Waals surface area contributed by atoms with Crippen molar-refractivity contribution < 1.29 is 29.6 Å². The predicted molar refractivity (Wildman–Crippen MR) is 117 cm³/mol. The van der Waals surface area contributed by atoms with Crippen LogP contribution in [0.2, 0.25) is 0 Å². The molecule has 0 bridgehead atoms. The lowest BCUT2D eigenvalue weighted by Gasteiger charge is -2.40. The summed E-state index contributed by atoms with van der Waals surface area (Å²) in [6, 6.07) is 16.0. The highest BCUT2D eigenvalue weighted by molar-refractivity contribution is 9.10. The van der Waals surface area contributed by atoms with Crippen LogP contribution in [-0.4, -0.2) is 39.5 Å². The van der Waals surface area contributed by atoms with Crippen LogP contribution in [0.15, 0.2) is 71.5 Å². The number of hydrogen-bond acceptors (Lipinski definition) is 6. The van der Waals surface area contributed by atoms with Gasteiger partial charge in [0.2, 0.25) is 0 Å². The molecule has 2 heterocycles. The SMILES string of the molecule is COc1cncc2c1[C@]1(O)[C@H](O)C(C(=O)O)[C@@H](c3ccccc3)[C@]1(c1ccc(Br)cc1)O2. The van der Waals surface area contributed by atoms with Crippen LogP contribution in [0.25, 0.3) is 0 Å². The minimum Gasteiger partial charge on any atom is -0.495 e. The molecule has 1 fully saturated rings. The summed E-state index contributed by atoms with van der Waals surface area (Å²) in [5, 5.41) is 34.0. The van der Waals surface area contributed by atoms with Crippen LogP contribution >= 0.6 is 15.9 Å². The van der Waals surface area contributed by atoms with Gasteiger partial charge in [0.15, 0.2) is 11.2 Å². The van der Waals surface area contributed by atoms with E-state index in [1.165, 1.54) is 19.5 Å². The van der Waals surface area contributed by atoms with E-state index in [1.54, 1.807) is 48.5 Å². The van der Waals surface area contributed by atoms with Crippen LogP contribution < -0.4 is 9.47 Å². The van der Waals surface area contributed by atoms with Crippen molar-refractivity contribution >= 4 is 21.9 Å². The molecule has 2 aliphatic rings. The normalized spacial score (nSPS) is 30.3. The highest BCUT2D eigenvalue weighted by Crippen LogP contribution is 2.69. The minimum atomic E-state index is -2.12. The Labute approximate surface area is 192 Å². The zero-order chi connectivity index (χ0) is 22.7. The first kappa shape index (κ1) is 20.9. The highest BCUT2D eigenvalue weighted by atomic mass is 79.9. The number of aliphatic carboxylic acids is 1. The van der Waals surface area contributed by atoms with Crippen molar-refractivity contribution in [3.8, 4) is 11.5 Å². The van der Waals surface area contributed by atoms with E-state index in [9.17, 15) is 20.1 Å². The number of carboxylic acids is 1. The monoisotopic (exact) mass is 497 g/mol. The first-order valence-corrected chi connectivity index (χ1v) is 10.8. The molecular formula is C24H20BrNO6. The van der Waals surface area contributed by atoms with Crippen molar-refractivity contribution in [2.75, 3.05) is 7.11 Å². The summed E-state index contributed by atoms with van der Waals surface area (Å²) in [5.74, 6) is -3.06. The summed E-state index contributed by atoms with van der Waals surface area (Å²) in [5.41, 5.74) is -2.42. The van der Waals surface area contributed by atoms with Crippen LogP contribution in [0.3, 0.4) is 0 Å². The lowest BCUT2D eigenvalue weighted by Crippen LogP contribution is -2.52. The van der Waals surface area contributed by atoms with Gasteiger partial charge in [-0.25, -0.2) is 0 Å². The quantitative estimate of drug-likeness (QED) is 0.507. The number of hydrogen-bond donors (Lipinski definition) is 3. The number of fused-ring (bicyclic) bond motifs is 3. The maximum atomic E-state index is 12.5. The molecule has 32 heavy (non-hydrogen) atoms. The second-order valence-corrected chi connectivity index (χ2v) is 8.94. The van der Waals surface area contributed by atoms with Gasteiger partial charge in [-0.05, 0) is 23.3 Å². The summed E-state index contributed by atoms with van der Waals surface area (Å²) in [6.07, 6.45) is 1.17. The van der Waals surface area contributed by atoms with Crippen molar-refractivity contribution in [3.63, 3.8) is 0 Å². The lowest BCUT2D eigenvalue weighted by atomic mass is 9.70. The van der Waals surface area contributed by atoms with E-state index in [0.717, 1.165) is 4.47 Å². The number of carboxylic acid groups (broad SMARTS) is 1. The van der Waals surface area contributed by atoms with Crippen molar-refractivity contribution in [1.82, 2.24) is 4.98 Å². The number of aliphatic hydroxyl groups is 2. The molecule has 1 aliphatic carbocycles. The smallest absolute Gasteiger partial charge is 0.310 e. The Morgan fingerprint density at radius 1 is 1.12 bits per heavy atom. The third-order valence-electron chi connectivity index (χ3n) is 6.60. The molecule has 0 radical (unpaired) electrons. The Hall–Kier alpha value is -2.94. The van der Waals surface area contributed by atoms with Crippen LogP contribution in [0, 0.1) is 5.92 Å². The molecule has 0 saturated heterocycles. The summed E-state index contributed by atoms with van der Waals surface area (Å²) in [6.45, 7) is 0. The number of ether oxygens (including phenoxy) is 2. The van der Waals surface area contributed by atoms with E-state index in [-0.39, 0.29) is 17.1 Å². The first-order chi connectivity index (χ1) is 15.4. The molecule has 0 amide bonds. The minimum absolute atomic E-state index is 0.190. The number of carbonyl (C=O) groups is 1. The van der Waals surface area contributed by atoms with Gasteiger partial charge in [0.1, 0.15) is 17.6 Å². The Balaban J connectivity index is 1.89. The van der Waals surface area contributed by atoms with Crippen LogP contribution in [-0.2, 0) is 16.0 Å². The van der Waals surface area contributed by atoms with E-state index in [2.05, 4.69) is 20.9 Å². The third-order valence-corrected chi connectivity index (χ3v) is 7.13. The van der Waals surface area contributed by atoms with Crippen molar-refractivity contribution in [2.45, 2.75) is 23.2 Å². The average molecular weight is 498 g/mol. The standard InChI is InChI=1S/C24H20BrNO6/c1-31-16-11-26-12-17-20(16)23(30)21(27)18(22(28)29)19(13-5-3-2-4-6-13)24(23,32-17)14-7-9-15(25)10-8-14/h2-12,18-19,21,27,30H,1H3,(H,28,29)/t18?,19-,21-,23+,24+/m1/s1. The van der Waals surface area contributed by atoms with E-state index < -0.39 is 35.1 Å². The molecule has 7 nitrogen and oxygen atoms in total. The van der Waals surface area contributed by atoms with Gasteiger partial charge >= 0.3 is 5.97 Å². The Morgan fingerprint density at radius 3 is 2.44 bits per heavy atom. The highest BCUT2D eigenvalue weighted by Gasteiger charge is 2.78. The number of rotatable bonds is 4. The summed E-state index contributed by atoms with van der Waals surface area (Å²) in [4.78, 5) is 16.6. The molecule has 1 aromatic heterocycles. The average Bonchev–Trinajstić information content (AvgIpc) is 3.18. The Morgan fingerprint density at radius 2 is 1.81 bits per heavy atom. The number of halogens is 1. The van der Waals surface area contributed by atoms with Crippen LogP contribution in [0.1, 0.15) is 22.6 Å². The van der Waals surface area contributed by atoms with Crippen molar-refractivity contribution in [1.29, 1.82) is 0 Å². The molecule has 3 N–H and O–H groups in total. The maximum absolute atomic E-state index is 12.5. The third kappa shape index (κ3) is 2.54. The van der Waals surface area contributed by atoms with Gasteiger partial charge in [-0.3, -0.25) is 9.78 Å². The molecule has 1 aliphatic heterocycles. The molecule has 8 heteroatoms. The first-order valence-electron chi connectivity index (χ1n) is 10.0. The van der Waals surface area contributed by atoms with E-state index in [0.29, 0.717) is 11.1 Å². The molecule has 1 unspecified atom stereocenters. The maximum Gasteiger partial charge on any atom is 0.310 e. The zero-order valence-electron chi connectivity index (χ0n) is 17.0. The molecule has 1 saturated carbocycles. The molecular weight excluding hydrogens is 478 g/mol. The van der Waals surface area contributed by atoms with Gasteiger partial charge in [0.25, 0.3) is 0 Å². The molecule has 5 atom stereocenters. The molecule has 164 valence electrons. The Kier molecular flexibility index (Phi) is 4.77. The van der Waals surface area contributed by atoms with Gasteiger partial charge in [0, 0.05) is 10.4 Å². The number of methoxy groups -OCH3 is 1. The summed E-state index contributed by atoms with van der Waals surface area (Å²) >= 11 is 3.42. The largest absolute Gasteiger partial charge is 0.495 e. The van der Waals surface area contributed by atoms with Gasteiger partial charge in [-0.1, -0.05) is 58.4 Å². The van der Waals surface area contributed by atoms with Gasteiger partial charge in [-0.2, -0.15) is 0 Å². The predicted octanol–water partition coefficient (Wildman–Crippen LogP) is 3.19. The molecule has 2 aromatic carbocycles. The van der Waals surface area contributed by atoms with Crippen LogP contribution in [0.4, 0.5) is 0 Å². The van der Waals surface area contributed by atoms with Crippen molar-refractivity contribution in [3.05, 3.63) is 88.2 Å². The van der Waals surface area contributed by atoms with Crippen LogP contribution in [0.5, 0.6) is 11.5 Å². The van der Waals surface area contributed by atoms with Gasteiger partial charge in [0.05, 0.1) is 31.0 Å². The van der Waals surface area contributed by atoms with E-state index in [1.807, 2.05) is 6.07 Å². The fourth-order valence-electron chi connectivity index (χ4n) is 5.37. The molecule has 0 spiro atoms. The number of nitrogens with zero attached hydrogens (tertiary/aromatic N) is 1. The lowest BCUT2D eigenvalue weighted by molar-refractivity contribution is -0.159. The number of aromatic nitrogens is 1. The second kappa shape index (κ2) is 7.30. The Bertz CT molecular complexity index is 1190. The van der Waals surface area contributed by atoms with Crippen molar-refractivity contribution in [2.24, 2.45) is 5.92 Å². The molecule has 5 rings (SSSR count).